The van der Waals surface area contributed by atoms with Crippen LogP contribution in [0.25, 0.3) is 10.8 Å². The standard InChI is InChI=1S/C20H20N2O3/c1-3-17(13-8-10-15(25-2)11-9-13)21-20(24)18-12-14-6-4-5-7-16(14)19(23)22-18/h4-12,17H,3H2,1-2H3,(H,21,24)(H,22,23). The Labute approximate surface area is 145 Å². The lowest BCUT2D eigenvalue weighted by Crippen LogP contribution is -2.30. The molecule has 0 aliphatic carbocycles. The van der Waals surface area contributed by atoms with Crippen molar-refractivity contribution < 1.29 is 9.53 Å². The van der Waals surface area contributed by atoms with Gasteiger partial charge in [0.25, 0.3) is 11.5 Å². The molecule has 0 bridgehead atoms. The second-order valence-corrected chi connectivity index (χ2v) is 5.81. The maximum atomic E-state index is 12.6. The van der Waals surface area contributed by atoms with Gasteiger partial charge in [-0.2, -0.15) is 0 Å². The van der Waals surface area contributed by atoms with Crippen LogP contribution >= 0.6 is 0 Å². The number of rotatable bonds is 5. The summed E-state index contributed by atoms with van der Waals surface area (Å²) in [5, 5.41) is 4.29. The molecule has 5 heteroatoms. The monoisotopic (exact) mass is 336 g/mol. The first-order valence-corrected chi connectivity index (χ1v) is 8.19. The zero-order valence-corrected chi connectivity index (χ0v) is 14.2. The first kappa shape index (κ1) is 16.8. The molecule has 0 fully saturated rings. The highest BCUT2D eigenvalue weighted by molar-refractivity contribution is 5.96. The Morgan fingerprint density at radius 3 is 2.56 bits per heavy atom. The molecule has 1 unspecified atom stereocenters. The van der Waals surface area contributed by atoms with Crippen LogP contribution in [-0.2, 0) is 0 Å². The van der Waals surface area contributed by atoms with Crippen molar-refractivity contribution >= 4 is 16.7 Å². The number of fused-ring (bicyclic) bond motifs is 1. The quantitative estimate of drug-likeness (QED) is 0.750. The normalized spacial score (nSPS) is 11.9. The van der Waals surface area contributed by atoms with Crippen molar-refractivity contribution in [2.45, 2.75) is 19.4 Å². The molecule has 0 spiro atoms. The maximum Gasteiger partial charge on any atom is 0.268 e. The van der Waals surface area contributed by atoms with Crippen molar-refractivity contribution in [2.75, 3.05) is 7.11 Å². The van der Waals surface area contributed by atoms with Gasteiger partial charge in [-0.25, -0.2) is 0 Å². The lowest BCUT2D eigenvalue weighted by atomic mass is 10.0. The number of carbonyl (C=O) groups is 1. The van der Waals surface area contributed by atoms with E-state index in [1.165, 1.54) is 0 Å². The van der Waals surface area contributed by atoms with Gasteiger partial charge in [0.15, 0.2) is 0 Å². The van der Waals surface area contributed by atoms with Gasteiger partial charge in [-0.15, -0.1) is 0 Å². The van der Waals surface area contributed by atoms with Crippen LogP contribution in [0.3, 0.4) is 0 Å². The highest BCUT2D eigenvalue weighted by Crippen LogP contribution is 2.20. The van der Waals surface area contributed by atoms with Gasteiger partial charge in [0.1, 0.15) is 11.4 Å². The number of benzene rings is 2. The molecular weight excluding hydrogens is 316 g/mol. The summed E-state index contributed by atoms with van der Waals surface area (Å²) >= 11 is 0. The fraction of sp³-hybridized carbons (Fsp3) is 0.200. The molecule has 128 valence electrons. The highest BCUT2D eigenvalue weighted by Gasteiger charge is 2.16. The molecule has 0 aliphatic rings. The molecule has 2 N–H and O–H groups in total. The van der Waals surface area contributed by atoms with Crippen LogP contribution in [0.4, 0.5) is 0 Å². The van der Waals surface area contributed by atoms with Gasteiger partial charge >= 0.3 is 0 Å². The summed E-state index contributed by atoms with van der Waals surface area (Å²) in [7, 11) is 1.62. The summed E-state index contributed by atoms with van der Waals surface area (Å²) < 4.78 is 5.16. The van der Waals surface area contributed by atoms with Crippen LogP contribution in [0, 0.1) is 0 Å². The molecule has 1 heterocycles. The molecule has 1 atom stereocenters. The van der Waals surface area contributed by atoms with E-state index in [9.17, 15) is 9.59 Å². The molecule has 25 heavy (non-hydrogen) atoms. The maximum absolute atomic E-state index is 12.6. The molecule has 5 nitrogen and oxygen atoms in total. The lowest BCUT2D eigenvalue weighted by molar-refractivity contribution is 0.0930. The number of ether oxygens (including phenoxy) is 1. The topological polar surface area (TPSA) is 71.2 Å². The molecule has 0 radical (unpaired) electrons. The molecule has 1 aromatic heterocycles. The minimum absolute atomic E-state index is 0.145. The van der Waals surface area contributed by atoms with E-state index in [2.05, 4.69) is 10.3 Å². The number of nitrogens with one attached hydrogen (secondary N) is 2. The Hall–Kier alpha value is -3.08. The number of aromatic nitrogens is 1. The summed E-state index contributed by atoms with van der Waals surface area (Å²) in [6.07, 6.45) is 0.732. The van der Waals surface area contributed by atoms with Gasteiger partial charge in [0, 0.05) is 5.39 Å². The predicted molar refractivity (Wildman–Crippen MR) is 98.1 cm³/mol. The van der Waals surface area contributed by atoms with Crippen LogP contribution in [-0.4, -0.2) is 18.0 Å². The van der Waals surface area contributed by atoms with Gasteiger partial charge in [-0.05, 0) is 41.6 Å². The summed E-state index contributed by atoms with van der Waals surface area (Å²) in [5.41, 5.74) is 0.983. The first-order valence-electron chi connectivity index (χ1n) is 8.19. The summed E-state index contributed by atoms with van der Waals surface area (Å²) in [6, 6.07) is 16.3. The third-order valence-corrected chi connectivity index (χ3v) is 4.23. The fourth-order valence-corrected chi connectivity index (χ4v) is 2.83. The Kier molecular flexibility index (Phi) is 4.84. The Bertz CT molecular complexity index is 945. The van der Waals surface area contributed by atoms with Gasteiger partial charge in [-0.3, -0.25) is 9.59 Å². The van der Waals surface area contributed by atoms with Crippen LogP contribution < -0.4 is 15.6 Å². The van der Waals surface area contributed by atoms with Crippen LogP contribution in [0.2, 0.25) is 0 Å². The lowest BCUT2D eigenvalue weighted by Gasteiger charge is -2.18. The van der Waals surface area contributed by atoms with Crippen LogP contribution in [0.1, 0.15) is 35.4 Å². The Balaban J connectivity index is 1.85. The van der Waals surface area contributed by atoms with Crippen molar-refractivity contribution in [3.63, 3.8) is 0 Å². The summed E-state index contributed by atoms with van der Waals surface area (Å²) in [5.74, 6) is 0.467. The molecule has 1 amide bonds. The van der Waals surface area contributed by atoms with Crippen molar-refractivity contribution in [1.82, 2.24) is 10.3 Å². The van der Waals surface area contributed by atoms with E-state index in [0.717, 1.165) is 23.1 Å². The van der Waals surface area contributed by atoms with E-state index >= 15 is 0 Å². The number of amides is 1. The number of methoxy groups -OCH3 is 1. The van der Waals surface area contributed by atoms with Gasteiger partial charge < -0.3 is 15.0 Å². The first-order chi connectivity index (χ1) is 12.1. The van der Waals surface area contributed by atoms with Crippen LogP contribution in [0.15, 0.2) is 59.4 Å². The van der Waals surface area contributed by atoms with Crippen molar-refractivity contribution in [3.05, 3.63) is 76.2 Å². The highest BCUT2D eigenvalue weighted by atomic mass is 16.5. The van der Waals surface area contributed by atoms with Crippen molar-refractivity contribution in [3.8, 4) is 5.75 Å². The zero-order chi connectivity index (χ0) is 17.8. The average molecular weight is 336 g/mol. The average Bonchev–Trinajstić information content (AvgIpc) is 2.66. The van der Waals surface area contributed by atoms with E-state index in [4.69, 9.17) is 4.74 Å². The molecule has 0 saturated carbocycles. The number of H-pyrrole nitrogens is 1. The fourth-order valence-electron chi connectivity index (χ4n) is 2.83. The second-order valence-electron chi connectivity index (χ2n) is 5.81. The van der Waals surface area contributed by atoms with Crippen molar-refractivity contribution in [1.29, 1.82) is 0 Å². The SMILES string of the molecule is CCC(NC(=O)c1cc2ccccc2c(=O)[nH]1)c1ccc(OC)cc1. The predicted octanol–water partition coefficient (Wildman–Crippen LogP) is 3.42. The van der Waals surface area contributed by atoms with E-state index in [1.54, 1.807) is 25.3 Å². The van der Waals surface area contributed by atoms with E-state index in [0.29, 0.717) is 5.39 Å². The van der Waals surface area contributed by atoms with Crippen LogP contribution in [0.5, 0.6) is 5.75 Å². The number of pyridine rings is 1. The zero-order valence-electron chi connectivity index (χ0n) is 14.2. The van der Waals surface area contributed by atoms with Gasteiger partial charge in [0.05, 0.1) is 13.2 Å². The van der Waals surface area contributed by atoms with E-state index in [-0.39, 0.29) is 23.2 Å². The minimum Gasteiger partial charge on any atom is -0.497 e. The number of hydrogen-bond acceptors (Lipinski definition) is 3. The largest absolute Gasteiger partial charge is 0.497 e. The third kappa shape index (κ3) is 3.55. The van der Waals surface area contributed by atoms with Crippen molar-refractivity contribution in [2.24, 2.45) is 0 Å². The van der Waals surface area contributed by atoms with Gasteiger partial charge in [0.2, 0.25) is 0 Å². The molecule has 0 aliphatic heterocycles. The molecular formula is C20H20N2O3. The Morgan fingerprint density at radius 2 is 1.88 bits per heavy atom. The van der Waals surface area contributed by atoms with E-state index in [1.807, 2.05) is 43.3 Å². The summed E-state index contributed by atoms with van der Waals surface area (Å²) in [4.78, 5) is 27.4. The second kappa shape index (κ2) is 7.21. The molecule has 3 aromatic rings. The number of carbonyl (C=O) groups excluding carboxylic acids is 1. The van der Waals surface area contributed by atoms with Gasteiger partial charge in [-0.1, -0.05) is 37.3 Å². The molecule has 3 rings (SSSR count). The Morgan fingerprint density at radius 1 is 1.16 bits per heavy atom. The number of hydrogen-bond donors (Lipinski definition) is 2. The smallest absolute Gasteiger partial charge is 0.268 e. The number of aromatic amines is 1. The molecule has 2 aromatic carbocycles. The third-order valence-electron chi connectivity index (χ3n) is 4.23. The molecule has 0 saturated heterocycles. The minimum atomic E-state index is -0.300. The summed E-state index contributed by atoms with van der Waals surface area (Å²) in [6.45, 7) is 2.00. The van der Waals surface area contributed by atoms with E-state index < -0.39 is 0 Å².